The Bertz CT molecular complexity index is 243. The van der Waals surface area contributed by atoms with Crippen LogP contribution in [0.25, 0.3) is 0 Å². The van der Waals surface area contributed by atoms with Crippen molar-refractivity contribution in [3.63, 3.8) is 0 Å². The average Bonchev–Trinajstić information content (AvgIpc) is 2.16. The van der Waals surface area contributed by atoms with Gasteiger partial charge in [-0.15, -0.1) is 0 Å². The second-order valence-corrected chi connectivity index (χ2v) is 2.58. The number of amides is 1. The molecule has 2 nitrogen and oxygen atoms in total. The summed E-state index contributed by atoms with van der Waals surface area (Å²) >= 11 is 0. The van der Waals surface area contributed by atoms with E-state index in [0.717, 1.165) is 12.0 Å². The van der Waals surface area contributed by atoms with Gasteiger partial charge in [-0.2, -0.15) is 0 Å². The maximum Gasteiger partial charge on any atom is 0.220 e. The Kier molecular flexibility index (Phi) is 3.33. The number of carbonyl (C=O) groups excluding carboxylic acids is 1. The van der Waals surface area contributed by atoms with Crippen molar-refractivity contribution in [1.29, 1.82) is 0 Å². The van der Waals surface area contributed by atoms with Gasteiger partial charge in [0.05, 0.1) is 0 Å². The summed E-state index contributed by atoms with van der Waals surface area (Å²) in [5.41, 5.74) is 1.15. The topological polar surface area (TPSA) is 29.1 Å². The normalized spacial score (nSPS) is 9.42. The molecule has 1 radical (unpaired) electrons. The predicted octanol–water partition coefficient (Wildman–Crippen LogP) is 1.17. The fourth-order valence-corrected chi connectivity index (χ4v) is 0.969. The Hall–Kier alpha value is -1.31. The SMILES string of the molecule is CNC(=O)CCc1c[c]ccc1. The van der Waals surface area contributed by atoms with Crippen LogP contribution in [0.4, 0.5) is 0 Å². The van der Waals surface area contributed by atoms with E-state index in [1.54, 1.807) is 7.05 Å². The number of rotatable bonds is 3. The number of nitrogens with one attached hydrogen (secondary N) is 1. The molecule has 1 N–H and O–H groups in total. The van der Waals surface area contributed by atoms with Gasteiger partial charge >= 0.3 is 0 Å². The molecule has 2 heteroatoms. The van der Waals surface area contributed by atoms with Gasteiger partial charge in [0.2, 0.25) is 5.91 Å². The van der Waals surface area contributed by atoms with Gasteiger partial charge in [-0.25, -0.2) is 0 Å². The lowest BCUT2D eigenvalue weighted by molar-refractivity contribution is -0.120. The van der Waals surface area contributed by atoms with Crippen LogP contribution in [0.15, 0.2) is 24.3 Å². The molecule has 1 amide bonds. The molecule has 0 heterocycles. The maximum atomic E-state index is 10.9. The van der Waals surface area contributed by atoms with Crippen molar-refractivity contribution in [2.45, 2.75) is 12.8 Å². The molecule has 1 rings (SSSR count). The summed E-state index contributed by atoms with van der Waals surface area (Å²) in [6, 6.07) is 10.7. The first-order valence-electron chi connectivity index (χ1n) is 3.98. The monoisotopic (exact) mass is 162 g/mol. The Morgan fingerprint density at radius 2 is 2.50 bits per heavy atom. The molecule has 63 valence electrons. The van der Waals surface area contributed by atoms with E-state index < -0.39 is 0 Å². The predicted molar refractivity (Wildman–Crippen MR) is 47.7 cm³/mol. The van der Waals surface area contributed by atoms with Gasteiger partial charge < -0.3 is 5.32 Å². The van der Waals surface area contributed by atoms with Crippen LogP contribution in [0.2, 0.25) is 0 Å². The third-order valence-corrected chi connectivity index (χ3v) is 1.69. The molecule has 0 atom stereocenters. The highest BCUT2D eigenvalue weighted by molar-refractivity contribution is 5.75. The van der Waals surface area contributed by atoms with E-state index in [-0.39, 0.29) is 5.91 Å². The minimum atomic E-state index is 0.0823. The van der Waals surface area contributed by atoms with Crippen LogP contribution in [0.1, 0.15) is 12.0 Å². The second kappa shape index (κ2) is 4.54. The van der Waals surface area contributed by atoms with Crippen molar-refractivity contribution in [2.75, 3.05) is 7.05 Å². The van der Waals surface area contributed by atoms with Crippen LogP contribution >= 0.6 is 0 Å². The maximum absolute atomic E-state index is 10.9. The molecule has 1 aromatic carbocycles. The fraction of sp³-hybridized carbons (Fsp3) is 0.300. The summed E-state index contributed by atoms with van der Waals surface area (Å²) in [7, 11) is 1.65. The fourth-order valence-electron chi connectivity index (χ4n) is 0.969. The quantitative estimate of drug-likeness (QED) is 0.710. The van der Waals surface area contributed by atoms with E-state index in [2.05, 4.69) is 11.4 Å². The van der Waals surface area contributed by atoms with Gasteiger partial charge in [0.1, 0.15) is 0 Å². The first-order chi connectivity index (χ1) is 5.83. The average molecular weight is 162 g/mol. The zero-order valence-electron chi connectivity index (χ0n) is 7.13. The van der Waals surface area contributed by atoms with Gasteiger partial charge in [0.15, 0.2) is 0 Å². The molecular weight excluding hydrogens is 150 g/mol. The lowest BCUT2D eigenvalue weighted by Gasteiger charge is -1.99. The van der Waals surface area contributed by atoms with Crippen LogP contribution in [-0.2, 0) is 11.2 Å². The zero-order chi connectivity index (χ0) is 8.81. The Morgan fingerprint density at radius 3 is 3.08 bits per heavy atom. The van der Waals surface area contributed by atoms with Crippen molar-refractivity contribution >= 4 is 5.91 Å². The number of hydrogen-bond acceptors (Lipinski definition) is 1. The van der Waals surface area contributed by atoms with Crippen molar-refractivity contribution in [3.8, 4) is 0 Å². The van der Waals surface area contributed by atoms with E-state index in [4.69, 9.17) is 0 Å². The van der Waals surface area contributed by atoms with Crippen molar-refractivity contribution < 1.29 is 4.79 Å². The van der Waals surface area contributed by atoms with E-state index in [1.807, 2.05) is 24.3 Å². The molecule has 0 fully saturated rings. The van der Waals surface area contributed by atoms with Gasteiger partial charge in [-0.3, -0.25) is 4.79 Å². The smallest absolute Gasteiger partial charge is 0.220 e. The summed E-state index contributed by atoms with van der Waals surface area (Å²) in [5.74, 6) is 0.0823. The van der Waals surface area contributed by atoms with Crippen LogP contribution < -0.4 is 5.32 Å². The van der Waals surface area contributed by atoms with Gasteiger partial charge in [0, 0.05) is 13.5 Å². The summed E-state index contributed by atoms with van der Waals surface area (Å²) < 4.78 is 0. The molecule has 0 aliphatic heterocycles. The molecule has 0 saturated carbocycles. The van der Waals surface area contributed by atoms with Gasteiger partial charge in [-0.1, -0.05) is 24.3 Å². The molecular formula is C10H12NO. The molecule has 0 bridgehead atoms. The second-order valence-electron chi connectivity index (χ2n) is 2.58. The molecule has 0 aliphatic rings. The largest absolute Gasteiger partial charge is 0.359 e. The van der Waals surface area contributed by atoms with Crippen LogP contribution in [0, 0.1) is 6.07 Å². The van der Waals surface area contributed by atoms with E-state index in [1.165, 1.54) is 0 Å². The minimum Gasteiger partial charge on any atom is -0.359 e. The molecule has 1 aromatic rings. The molecule has 0 spiro atoms. The third-order valence-electron chi connectivity index (χ3n) is 1.69. The van der Waals surface area contributed by atoms with Crippen LogP contribution in [-0.4, -0.2) is 13.0 Å². The number of benzene rings is 1. The lowest BCUT2D eigenvalue weighted by atomic mass is 10.1. The number of hydrogen-bond donors (Lipinski definition) is 1. The van der Waals surface area contributed by atoms with Gasteiger partial charge in [-0.05, 0) is 18.1 Å². The standard InChI is InChI=1S/C10H12NO/c1-11-10(12)8-7-9-5-3-2-4-6-9/h2-3,5-6H,7-8H2,1H3,(H,11,12). The first-order valence-corrected chi connectivity index (χ1v) is 3.98. The summed E-state index contributed by atoms with van der Waals surface area (Å²) in [6.45, 7) is 0. The molecule has 0 saturated heterocycles. The van der Waals surface area contributed by atoms with E-state index >= 15 is 0 Å². The highest BCUT2D eigenvalue weighted by Gasteiger charge is 1.97. The zero-order valence-corrected chi connectivity index (χ0v) is 7.13. The van der Waals surface area contributed by atoms with Crippen molar-refractivity contribution in [2.24, 2.45) is 0 Å². The number of aryl methyl sites for hydroxylation is 1. The highest BCUT2D eigenvalue weighted by Crippen LogP contribution is 2.01. The molecule has 0 aromatic heterocycles. The first kappa shape index (κ1) is 8.78. The van der Waals surface area contributed by atoms with E-state index in [9.17, 15) is 4.79 Å². The van der Waals surface area contributed by atoms with Crippen molar-refractivity contribution in [1.82, 2.24) is 5.32 Å². The van der Waals surface area contributed by atoms with E-state index in [0.29, 0.717) is 6.42 Å². The molecule has 12 heavy (non-hydrogen) atoms. The Labute approximate surface area is 72.6 Å². The summed E-state index contributed by atoms with van der Waals surface area (Å²) in [6.07, 6.45) is 1.34. The highest BCUT2D eigenvalue weighted by atomic mass is 16.1. The Balaban J connectivity index is 2.38. The Morgan fingerprint density at radius 1 is 1.67 bits per heavy atom. The van der Waals surface area contributed by atoms with Crippen LogP contribution in [0.5, 0.6) is 0 Å². The summed E-state index contributed by atoms with van der Waals surface area (Å²) in [5, 5.41) is 2.59. The van der Waals surface area contributed by atoms with Gasteiger partial charge in [0.25, 0.3) is 0 Å². The van der Waals surface area contributed by atoms with Crippen LogP contribution in [0.3, 0.4) is 0 Å². The lowest BCUT2D eigenvalue weighted by Crippen LogP contribution is -2.17. The molecule has 0 unspecified atom stereocenters. The third kappa shape index (κ3) is 2.74. The number of carbonyl (C=O) groups is 1. The summed E-state index contributed by atoms with van der Waals surface area (Å²) in [4.78, 5) is 10.9. The minimum absolute atomic E-state index is 0.0823. The van der Waals surface area contributed by atoms with Crippen molar-refractivity contribution in [3.05, 3.63) is 35.9 Å². The molecule has 0 aliphatic carbocycles.